The van der Waals surface area contributed by atoms with E-state index in [1.807, 2.05) is 67.7 Å². The third-order valence-corrected chi connectivity index (χ3v) is 3.90. The van der Waals surface area contributed by atoms with E-state index in [2.05, 4.69) is 10.4 Å². The van der Waals surface area contributed by atoms with Crippen molar-refractivity contribution < 1.29 is 9.53 Å². The molecule has 0 aliphatic heterocycles. The van der Waals surface area contributed by atoms with E-state index in [-0.39, 0.29) is 6.03 Å². The number of carbonyl (C=O) groups excluding carboxylic acids is 1. The standard InChI is InChI=1S/C20H22N4O2/c1-3-26-17-11-9-16(10-12-17)15-23(2)20(25)22-18-7-4-5-8-19(18)24-14-6-13-21-24/h4-14H,3,15H2,1-2H3,(H,22,25). The van der Waals surface area contributed by atoms with E-state index in [1.165, 1.54) is 0 Å². The number of ether oxygens (including phenoxy) is 1. The predicted molar refractivity (Wildman–Crippen MR) is 102 cm³/mol. The molecular weight excluding hydrogens is 328 g/mol. The Hall–Kier alpha value is -3.28. The summed E-state index contributed by atoms with van der Waals surface area (Å²) >= 11 is 0. The molecule has 1 heterocycles. The van der Waals surface area contributed by atoms with Crippen molar-refractivity contribution >= 4 is 11.7 Å². The lowest BCUT2D eigenvalue weighted by molar-refractivity contribution is 0.220. The van der Waals surface area contributed by atoms with Gasteiger partial charge in [0.2, 0.25) is 0 Å². The smallest absolute Gasteiger partial charge is 0.321 e. The van der Waals surface area contributed by atoms with Crippen molar-refractivity contribution in [1.82, 2.24) is 14.7 Å². The van der Waals surface area contributed by atoms with Crippen LogP contribution in [-0.4, -0.2) is 34.4 Å². The highest BCUT2D eigenvalue weighted by molar-refractivity contribution is 5.91. The Kier molecular flexibility index (Phi) is 5.53. The molecule has 0 saturated carbocycles. The zero-order valence-corrected chi connectivity index (χ0v) is 14.9. The van der Waals surface area contributed by atoms with Crippen LogP contribution in [0.5, 0.6) is 5.75 Å². The first-order valence-electron chi connectivity index (χ1n) is 8.50. The Labute approximate surface area is 153 Å². The minimum atomic E-state index is -0.182. The Morgan fingerprint density at radius 1 is 1.15 bits per heavy atom. The molecule has 0 bridgehead atoms. The number of aromatic nitrogens is 2. The van der Waals surface area contributed by atoms with Crippen LogP contribution in [0.2, 0.25) is 0 Å². The third-order valence-electron chi connectivity index (χ3n) is 3.90. The Bertz CT molecular complexity index is 845. The Morgan fingerprint density at radius 2 is 1.92 bits per heavy atom. The summed E-state index contributed by atoms with van der Waals surface area (Å²) in [7, 11) is 1.77. The number of hydrogen-bond acceptors (Lipinski definition) is 3. The molecule has 3 aromatic rings. The number of benzene rings is 2. The molecule has 0 saturated heterocycles. The molecule has 0 radical (unpaired) electrons. The SMILES string of the molecule is CCOc1ccc(CN(C)C(=O)Nc2ccccc2-n2cccn2)cc1. The molecule has 0 aliphatic rings. The van der Waals surface area contributed by atoms with Crippen LogP contribution < -0.4 is 10.1 Å². The molecule has 0 fully saturated rings. The van der Waals surface area contributed by atoms with Crippen molar-refractivity contribution in [1.29, 1.82) is 0 Å². The van der Waals surface area contributed by atoms with Crippen LogP contribution in [0.4, 0.5) is 10.5 Å². The van der Waals surface area contributed by atoms with Crippen molar-refractivity contribution in [3.05, 3.63) is 72.6 Å². The van der Waals surface area contributed by atoms with Gasteiger partial charge in [-0.15, -0.1) is 0 Å². The molecule has 0 spiro atoms. The molecule has 6 heteroatoms. The van der Waals surface area contributed by atoms with E-state index in [4.69, 9.17) is 4.74 Å². The molecule has 1 N–H and O–H groups in total. The van der Waals surface area contributed by atoms with Crippen molar-refractivity contribution in [3.8, 4) is 11.4 Å². The van der Waals surface area contributed by atoms with Gasteiger partial charge >= 0.3 is 6.03 Å². The summed E-state index contributed by atoms with van der Waals surface area (Å²) in [6.07, 6.45) is 3.55. The monoisotopic (exact) mass is 350 g/mol. The van der Waals surface area contributed by atoms with Crippen molar-refractivity contribution in [2.45, 2.75) is 13.5 Å². The van der Waals surface area contributed by atoms with Gasteiger partial charge < -0.3 is 15.0 Å². The topological polar surface area (TPSA) is 59.4 Å². The van der Waals surface area contributed by atoms with Crippen LogP contribution in [-0.2, 0) is 6.54 Å². The second-order valence-corrected chi connectivity index (χ2v) is 5.83. The van der Waals surface area contributed by atoms with E-state index in [9.17, 15) is 4.79 Å². The quantitative estimate of drug-likeness (QED) is 0.733. The van der Waals surface area contributed by atoms with Crippen LogP contribution in [0, 0.1) is 0 Å². The maximum atomic E-state index is 12.6. The second kappa shape index (κ2) is 8.20. The van der Waals surface area contributed by atoms with Gasteiger partial charge in [-0.2, -0.15) is 5.10 Å². The van der Waals surface area contributed by atoms with Gasteiger partial charge in [0.15, 0.2) is 0 Å². The lowest BCUT2D eigenvalue weighted by Gasteiger charge is -2.19. The Balaban J connectivity index is 1.66. The molecule has 0 aliphatic carbocycles. The molecule has 3 rings (SSSR count). The number of amides is 2. The number of hydrogen-bond donors (Lipinski definition) is 1. The normalized spacial score (nSPS) is 10.4. The number of carbonyl (C=O) groups is 1. The summed E-state index contributed by atoms with van der Waals surface area (Å²) in [4.78, 5) is 14.2. The zero-order chi connectivity index (χ0) is 18.4. The highest BCUT2D eigenvalue weighted by Crippen LogP contribution is 2.20. The van der Waals surface area contributed by atoms with Crippen molar-refractivity contribution in [2.24, 2.45) is 0 Å². The van der Waals surface area contributed by atoms with Crippen molar-refractivity contribution in [2.75, 3.05) is 19.0 Å². The second-order valence-electron chi connectivity index (χ2n) is 5.83. The molecule has 134 valence electrons. The molecule has 26 heavy (non-hydrogen) atoms. The minimum absolute atomic E-state index is 0.182. The highest BCUT2D eigenvalue weighted by Gasteiger charge is 2.12. The van der Waals surface area contributed by atoms with Gasteiger partial charge in [-0.3, -0.25) is 0 Å². The maximum absolute atomic E-state index is 12.6. The molecule has 1 aromatic heterocycles. The van der Waals surface area contributed by atoms with E-state index < -0.39 is 0 Å². The van der Waals surface area contributed by atoms with Crippen LogP contribution in [0.25, 0.3) is 5.69 Å². The van der Waals surface area contributed by atoms with Gasteiger partial charge in [0.05, 0.1) is 18.0 Å². The van der Waals surface area contributed by atoms with E-state index in [0.29, 0.717) is 18.8 Å². The number of anilines is 1. The first-order chi connectivity index (χ1) is 12.7. The molecular formula is C20H22N4O2. The number of urea groups is 1. The fraction of sp³-hybridized carbons (Fsp3) is 0.200. The van der Waals surface area contributed by atoms with Crippen molar-refractivity contribution in [3.63, 3.8) is 0 Å². The van der Waals surface area contributed by atoms with Gasteiger partial charge in [0, 0.05) is 26.0 Å². The van der Waals surface area contributed by atoms with Gasteiger partial charge in [0.25, 0.3) is 0 Å². The fourth-order valence-corrected chi connectivity index (χ4v) is 2.60. The zero-order valence-electron chi connectivity index (χ0n) is 14.9. The fourth-order valence-electron chi connectivity index (χ4n) is 2.60. The van der Waals surface area contributed by atoms with Crippen LogP contribution >= 0.6 is 0 Å². The summed E-state index contributed by atoms with van der Waals surface area (Å²) in [6, 6.07) is 17.0. The average Bonchev–Trinajstić information content (AvgIpc) is 3.18. The Morgan fingerprint density at radius 3 is 2.62 bits per heavy atom. The van der Waals surface area contributed by atoms with Gasteiger partial charge in [-0.25, -0.2) is 9.48 Å². The first-order valence-corrected chi connectivity index (χ1v) is 8.50. The summed E-state index contributed by atoms with van der Waals surface area (Å²) < 4.78 is 7.16. The van der Waals surface area contributed by atoms with E-state index >= 15 is 0 Å². The predicted octanol–water partition coefficient (Wildman–Crippen LogP) is 3.93. The largest absolute Gasteiger partial charge is 0.494 e. The molecule has 6 nitrogen and oxygen atoms in total. The number of rotatable bonds is 6. The van der Waals surface area contributed by atoms with Crippen LogP contribution in [0.15, 0.2) is 67.0 Å². The summed E-state index contributed by atoms with van der Waals surface area (Å²) in [5.74, 6) is 0.830. The van der Waals surface area contributed by atoms with Crippen LogP contribution in [0.3, 0.4) is 0 Å². The number of nitrogens with one attached hydrogen (secondary N) is 1. The summed E-state index contributed by atoms with van der Waals surface area (Å²) in [6.45, 7) is 3.09. The lowest BCUT2D eigenvalue weighted by Crippen LogP contribution is -2.31. The van der Waals surface area contributed by atoms with Gasteiger partial charge in [-0.1, -0.05) is 24.3 Å². The lowest BCUT2D eigenvalue weighted by atomic mass is 10.2. The summed E-state index contributed by atoms with van der Waals surface area (Å²) in [5.41, 5.74) is 2.56. The number of para-hydroxylation sites is 2. The van der Waals surface area contributed by atoms with E-state index in [0.717, 1.165) is 17.0 Å². The van der Waals surface area contributed by atoms with Crippen LogP contribution in [0.1, 0.15) is 12.5 Å². The highest BCUT2D eigenvalue weighted by atomic mass is 16.5. The maximum Gasteiger partial charge on any atom is 0.321 e. The molecule has 0 atom stereocenters. The van der Waals surface area contributed by atoms with Gasteiger partial charge in [0.1, 0.15) is 5.75 Å². The minimum Gasteiger partial charge on any atom is -0.494 e. The van der Waals surface area contributed by atoms with Gasteiger partial charge in [-0.05, 0) is 42.8 Å². The first kappa shape index (κ1) is 17.5. The summed E-state index contributed by atoms with van der Waals surface area (Å²) in [5, 5.41) is 7.18. The molecule has 2 aromatic carbocycles. The average molecular weight is 350 g/mol. The van der Waals surface area contributed by atoms with E-state index in [1.54, 1.807) is 22.8 Å². The number of nitrogens with zero attached hydrogens (tertiary/aromatic N) is 3. The molecule has 2 amide bonds. The third kappa shape index (κ3) is 4.22. The molecule has 0 unspecified atom stereocenters.